The first-order chi connectivity index (χ1) is 10.2. The molecule has 1 amide bonds. The molecule has 0 spiro atoms. The third-order valence-electron chi connectivity index (χ3n) is 2.57. The summed E-state index contributed by atoms with van der Waals surface area (Å²) in [7, 11) is 3.12. The SMILES string of the molecule is CON(C)C(=O)CCCc1ccccc1.O=C(O)C(F)(F)F. The molecule has 0 bridgehead atoms. The van der Waals surface area contributed by atoms with Gasteiger partial charge in [-0.15, -0.1) is 0 Å². The van der Waals surface area contributed by atoms with Gasteiger partial charge in [0.15, 0.2) is 0 Å². The molecule has 0 saturated carbocycles. The van der Waals surface area contributed by atoms with Crippen LogP contribution in [0.1, 0.15) is 18.4 Å². The van der Waals surface area contributed by atoms with Gasteiger partial charge in [0.1, 0.15) is 0 Å². The van der Waals surface area contributed by atoms with Crippen LogP contribution in [0.3, 0.4) is 0 Å². The molecule has 0 aliphatic carbocycles. The number of benzene rings is 1. The largest absolute Gasteiger partial charge is 0.490 e. The topological polar surface area (TPSA) is 66.8 Å². The summed E-state index contributed by atoms with van der Waals surface area (Å²) < 4.78 is 31.7. The van der Waals surface area contributed by atoms with Crippen molar-refractivity contribution in [1.29, 1.82) is 0 Å². The van der Waals surface area contributed by atoms with E-state index in [0.717, 1.165) is 12.8 Å². The summed E-state index contributed by atoms with van der Waals surface area (Å²) in [6.45, 7) is 0. The molecule has 1 aromatic rings. The van der Waals surface area contributed by atoms with E-state index in [-0.39, 0.29) is 5.91 Å². The van der Waals surface area contributed by atoms with E-state index >= 15 is 0 Å². The van der Waals surface area contributed by atoms with Crippen molar-refractivity contribution in [1.82, 2.24) is 5.06 Å². The molecule has 0 aromatic heterocycles. The van der Waals surface area contributed by atoms with E-state index < -0.39 is 12.1 Å². The maximum atomic E-state index is 11.4. The van der Waals surface area contributed by atoms with Gasteiger partial charge < -0.3 is 5.11 Å². The third-order valence-corrected chi connectivity index (χ3v) is 2.57. The van der Waals surface area contributed by atoms with Gasteiger partial charge in [0.2, 0.25) is 5.91 Å². The predicted molar refractivity (Wildman–Crippen MR) is 72.8 cm³/mol. The fourth-order valence-electron chi connectivity index (χ4n) is 1.35. The van der Waals surface area contributed by atoms with Crippen molar-refractivity contribution >= 4 is 11.9 Å². The lowest BCUT2D eigenvalue weighted by molar-refractivity contribution is -0.192. The van der Waals surface area contributed by atoms with Gasteiger partial charge in [-0.1, -0.05) is 30.3 Å². The Bertz CT molecular complexity index is 463. The molecule has 22 heavy (non-hydrogen) atoms. The van der Waals surface area contributed by atoms with Gasteiger partial charge in [0.05, 0.1) is 7.11 Å². The van der Waals surface area contributed by atoms with Crippen LogP contribution >= 0.6 is 0 Å². The molecule has 8 heteroatoms. The standard InChI is InChI=1S/C12H17NO2.C2HF3O2/c1-13(15-2)12(14)10-6-9-11-7-4-3-5-8-11;3-2(4,5)1(6)7/h3-5,7-8H,6,9-10H2,1-2H3;(H,6,7). The highest BCUT2D eigenvalue weighted by atomic mass is 19.4. The number of alkyl halides is 3. The average Bonchev–Trinajstić information content (AvgIpc) is 2.47. The second-order valence-electron chi connectivity index (χ2n) is 4.22. The van der Waals surface area contributed by atoms with E-state index in [1.54, 1.807) is 7.05 Å². The minimum Gasteiger partial charge on any atom is -0.475 e. The van der Waals surface area contributed by atoms with Crippen molar-refractivity contribution in [2.24, 2.45) is 0 Å². The molecule has 1 N–H and O–H groups in total. The Balaban J connectivity index is 0.000000534. The number of amides is 1. The molecule has 0 fully saturated rings. The molecule has 1 rings (SSSR count). The number of carboxylic acid groups (broad SMARTS) is 1. The van der Waals surface area contributed by atoms with Crippen LogP contribution in [0.2, 0.25) is 0 Å². The van der Waals surface area contributed by atoms with Gasteiger partial charge in [-0.05, 0) is 18.4 Å². The van der Waals surface area contributed by atoms with Gasteiger partial charge in [-0.3, -0.25) is 9.63 Å². The van der Waals surface area contributed by atoms with E-state index in [1.165, 1.54) is 17.7 Å². The molecular weight excluding hydrogens is 303 g/mol. The van der Waals surface area contributed by atoms with Crippen molar-refractivity contribution in [3.8, 4) is 0 Å². The van der Waals surface area contributed by atoms with Crippen molar-refractivity contribution in [3.05, 3.63) is 35.9 Å². The average molecular weight is 321 g/mol. The van der Waals surface area contributed by atoms with Crippen molar-refractivity contribution < 1.29 is 32.7 Å². The molecule has 0 heterocycles. The van der Waals surface area contributed by atoms with Crippen LogP contribution in [0.15, 0.2) is 30.3 Å². The lowest BCUT2D eigenvalue weighted by Crippen LogP contribution is -2.25. The first-order valence-electron chi connectivity index (χ1n) is 6.33. The van der Waals surface area contributed by atoms with Gasteiger partial charge in [0, 0.05) is 13.5 Å². The molecule has 0 aliphatic heterocycles. The van der Waals surface area contributed by atoms with Crippen LogP contribution in [-0.2, 0) is 20.8 Å². The van der Waals surface area contributed by atoms with Gasteiger partial charge >= 0.3 is 12.1 Å². The van der Waals surface area contributed by atoms with Crippen molar-refractivity contribution in [2.75, 3.05) is 14.2 Å². The van der Waals surface area contributed by atoms with Gasteiger partial charge in [-0.25, -0.2) is 9.86 Å². The minimum absolute atomic E-state index is 0.0217. The Kier molecular flexibility index (Phi) is 8.85. The normalized spacial score (nSPS) is 10.4. The van der Waals surface area contributed by atoms with Crippen LogP contribution in [0, 0.1) is 0 Å². The Morgan fingerprint density at radius 1 is 1.23 bits per heavy atom. The number of hydrogen-bond acceptors (Lipinski definition) is 3. The molecule has 0 unspecified atom stereocenters. The number of rotatable bonds is 5. The van der Waals surface area contributed by atoms with Crippen LogP contribution < -0.4 is 0 Å². The summed E-state index contributed by atoms with van der Waals surface area (Å²) >= 11 is 0. The maximum Gasteiger partial charge on any atom is 0.490 e. The monoisotopic (exact) mass is 321 g/mol. The molecule has 124 valence electrons. The number of nitrogens with zero attached hydrogens (tertiary/aromatic N) is 1. The molecule has 5 nitrogen and oxygen atoms in total. The molecule has 0 radical (unpaired) electrons. The van der Waals surface area contributed by atoms with Gasteiger partial charge in [-0.2, -0.15) is 13.2 Å². The zero-order chi connectivity index (χ0) is 17.2. The number of carbonyl (C=O) groups excluding carboxylic acids is 1. The zero-order valence-corrected chi connectivity index (χ0v) is 12.3. The van der Waals surface area contributed by atoms with Gasteiger partial charge in [0.25, 0.3) is 0 Å². The van der Waals surface area contributed by atoms with Crippen molar-refractivity contribution in [2.45, 2.75) is 25.4 Å². The first kappa shape index (κ1) is 19.9. The van der Waals surface area contributed by atoms with Crippen LogP contribution in [0.25, 0.3) is 0 Å². The smallest absolute Gasteiger partial charge is 0.475 e. The van der Waals surface area contributed by atoms with Crippen molar-refractivity contribution in [3.63, 3.8) is 0 Å². The second kappa shape index (κ2) is 9.78. The highest BCUT2D eigenvalue weighted by Crippen LogP contribution is 2.13. The zero-order valence-electron chi connectivity index (χ0n) is 12.3. The summed E-state index contributed by atoms with van der Waals surface area (Å²) in [5.41, 5.74) is 1.27. The number of aliphatic carboxylic acids is 1. The molecule has 0 saturated heterocycles. The van der Waals surface area contributed by atoms with Crippen LogP contribution in [-0.4, -0.2) is 42.4 Å². The van der Waals surface area contributed by atoms with E-state index in [4.69, 9.17) is 14.7 Å². The Hall–Kier alpha value is -2.09. The fourth-order valence-corrected chi connectivity index (χ4v) is 1.35. The van der Waals surface area contributed by atoms with Crippen LogP contribution in [0.4, 0.5) is 13.2 Å². The summed E-state index contributed by atoms with van der Waals surface area (Å²) in [5.74, 6) is -2.74. The summed E-state index contributed by atoms with van der Waals surface area (Å²) in [6.07, 6.45) is -2.76. The lowest BCUT2D eigenvalue weighted by atomic mass is 10.1. The number of carbonyl (C=O) groups is 2. The summed E-state index contributed by atoms with van der Waals surface area (Å²) in [4.78, 5) is 25.1. The van der Waals surface area contributed by atoms with Crippen LogP contribution in [0.5, 0.6) is 0 Å². The molecule has 0 aliphatic rings. The highest BCUT2D eigenvalue weighted by Gasteiger charge is 2.38. The predicted octanol–water partition coefficient (Wildman–Crippen LogP) is 2.66. The Morgan fingerprint density at radius 2 is 1.73 bits per heavy atom. The van der Waals surface area contributed by atoms with E-state index in [0.29, 0.717) is 6.42 Å². The quantitative estimate of drug-likeness (QED) is 0.847. The summed E-state index contributed by atoms with van der Waals surface area (Å²) in [6, 6.07) is 10.2. The molecule has 0 atom stereocenters. The van der Waals surface area contributed by atoms with E-state index in [2.05, 4.69) is 12.1 Å². The number of halogens is 3. The van der Waals surface area contributed by atoms with E-state index in [9.17, 15) is 18.0 Å². The number of aryl methyl sites for hydroxylation is 1. The second-order valence-corrected chi connectivity index (χ2v) is 4.22. The highest BCUT2D eigenvalue weighted by molar-refractivity contribution is 5.74. The number of hydrogen-bond donors (Lipinski definition) is 1. The number of carboxylic acids is 1. The number of hydroxylamine groups is 2. The Labute approximate surface area is 126 Å². The summed E-state index contributed by atoms with van der Waals surface area (Å²) in [5, 5.41) is 8.39. The molecular formula is C14H18F3NO4. The maximum absolute atomic E-state index is 11.4. The third kappa shape index (κ3) is 8.96. The minimum atomic E-state index is -5.08. The molecule has 1 aromatic carbocycles. The fraction of sp³-hybridized carbons (Fsp3) is 0.429. The van der Waals surface area contributed by atoms with E-state index in [1.807, 2.05) is 18.2 Å². The lowest BCUT2D eigenvalue weighted by Gasteiger charge is -2.13. The Morgan fingerprint density at radius 3 is 2.14 bits per heavy atom. The first-order valence-corrected chi connectivity index (χ1v) is 6.33.